The molecule has 0 aliphatic carbocycles. The summed E-state index contributed by atoms with van der Waals surface area (Å²) < 4.78 is 5.36. The summed E-state index contributed by atoms with van der Waals surface area (Å²) in [6.45, 7) is 0.478. The molecular formula is C12H16N4O4. The van der Waals surface area contributed by atoms with Gasteiger partial charge in [-0.3, -0.25) is 19.9 Å². The van der Waals surface area contributed by atoms with Crippen LogP contribution in [-0.4, -0.2) is 47.8 Å². The number of aromatic nitrogens is 1. The van der Waals surface area contributed by atoms with Crippen LogP contribution in [0.15, 0.2) is 18.3 Å². The van der Waals surface area contributed by atoms with E-state index in [1.165, 1.54) is 6.20 Å². The lowest BCUT2D eigenvalue weighted by molar-refractivity contribution is -0.153. The average molecular weight is 280 g/mol. The number of nitrogens with one attached hydrogen (secondary N) is 2. The van der Waals surface area contributed by atoms with E-state index in [2.05, 4.69) is 15.6 Å². The second-order valence-electron chi connectivity index (χ2n) is 4.26. The van der Waals surface area contributed by atoms with Crippen molar-refractivity contribution in [1.29, 1.82) is 0 Å². The SMILES string of the molecule is NCC(=O)NC(=O)c1ncccc1C1CNCC(O)O1. The smallest absolute Gasteiger partial charge is 0.276 e. The minimum absolute atomic E-state index is 0.0789. The van der Waals surface area contributed by atoms with Crippen molar-refractivity contribution in [2.75, 3.05) is 19.6 Å². The Hall–Kier alpha value is -1.87. The maximum Gasteiger partial charge on any atom is 0.276 e. The maximum absolute atomic E-state index is 12.0. The normalized spacial score (nSPS) is 22.3. The zero-order valence-corrected chi connectivity index (χ0v) is 10.7. The number of pyridine rings is 1. The number of nitrogens with zero attached hydrogens (tertiary/aromatic N) is 1. The number of hydrogen-bond donors (Lipinski definition) is 4. The largest absolute Gasteiger partial charge is 0.367 e. The summed E-state index contributed by atoms with van der Waals surface area (Å²) in [5.74, 6) is -1.23. The van der Waals surface area contributed by atoms with Gasteiger partial charge in [0, 0.05) is 24.8 Å². The molecule has 1 aliphatic heterocycles. The van der Waals surface area contributed by atoms with Crippen LogP contribution in [0, 0.1) is 0 Å². The molecule has 0 bridgehead atoms. The van der Waals surface area contributed by atoms with Gasteiger partial charge in [-0.25, -0.2) is 0 Å². The van der Waals surface area contributed by atoms with Crippen molar-refractivity contribution in [3.05, 3.63) is 29.6 Å². The van der Waals surface area contributed by atoms with Crippen molar-refractivity contribution in [1.82, 2.24) is 15.6 Å². The van der Waals surface area contributed by atoms with Crippen molar-refractivity contribution in [3.63, 3.8) is 0 Å². The number of β-amino-alcohol motifs (C(OH)–C–C–N with tert-alkyl or cyclic N) is 1. The molecular weight excluding hydrogens is 264 g/mol. The van der Waals surface area contributed by atoms with Crippen LogP contribution in [0.3, 0.4) is 0 Å². The summed E-state index contributed by atoms with van der Waals surface area (Å²) in [6, 6.07) is 3.32. The Morgan fingerprint density at radius 1 is 1.55 bits per heavy atom. The predicted octanol–water partition coefficient (Wildman–Crippen LogP) is -1.72. The zero-order valence-electron chi connectivity index (χ0n) is 10.7. The minimum atomic E-state index is -0.949. The third kappa shape index (κ3) is 3.36. The molecule has 0 saturated carbocycles. The second-order valence-corrected chi connectivity index (χ2v) is 4.26. The number of ether oxygens (including phenoxy) is 1. The number of hydrogen-bond acceptors (Lipinski definition) is 7. The number of aliphatic hydroxyl groups excluding tert-OH is 1. The molecule has 5 N–H and O–H groups in total. The molecule has 2 atom stereocenters. The molecule has 1 saturated heterocycles. The fourth-order valence-corrected chi connectivity index (χ4v) is 1.91. The molecule has 0 radical (unpaired) electrons. The van der Waals surface area contributed by atoms with E-state index in [0.29, 0.717) is 18.7 Å². The Kier molecular flexibility index (Phi) is 4.74. The standard InChI is InChI=1S/C12H16N4O4/c13-4-9(17)16-12(19)11-7(2-1-3-15-11)8-5-14-6-10(18)20-8/h1-3,8,10,14,18H,4-6,13H2,(H,16,17,19). The van der Waals surface area contributed by atoms with Crippen molar-refractivity contribution in [3.8, 4) is 0 Å². The molecule has 2 amide bonds. The van der Waals surface area contributed by atoms with E-state index in [4.69, 9.17) is 10.5 Å². The lowest BCUT2D eigenvalue weighted by Gasteiger charge is -2.28. The molecule has 2 heterocycles. The number of aliphatic hydroxyl groups is 1. The average Bonchev–Trinajstić information content (AvgIpc) is 2.47. The van der Waals surface area contributed by atoms with Gasteiger partial charge in [-0.1, -0.05) is 6.07 Å². The quantitative estimate of drug-likeness (QED) is 0.518. The van der Waals surface area contributed by atoms with Gasteiger partial charge in [0.2, 0.25) is 5.91 Å². The highest BCUT2D eigenvalue weighted by molar-refractivity contribution is 6.04. The van der Waals surface area contributed by atoms with Gasteiger partial charge in [-0.2, -0.15) is 0 Å². The molecule has 0 aromatic carbocycles. The number of carbonyl (C=O) groups is 2. The maximum atomic E-state index is 12.0. The van der Waals surface area contributed by atoms with Gasteiger partial charge in [0.1, 0.15) is 11.8 Å². The highest BCUT2D eigenvalue weighted by Crippen LogP contribution is 2.22. The van der Waals surface area contributed by atoms with E-state index in [1.54, 1.807) is 12.1 Å². The highest BCUT2D eigenvalue weighted by atomic mass is 16.6. The van der Waals surface area contributed by atoms with Gasteiger partial charge in [-0.05, 0) is 6.07 Å². The van der Waals surface area contributed by atoms with Crippen LogP contribution in [-0.2, 0) is 9.53 Å². The topological polar surface area (TPSA) is 127 Å². The molecule has 20 heavy (non-hydrogen) atoms. The monoisotopic (exact) mass is 280 g/mol. The number of rotatable bonds is 3. The first-order valence-corrected chi connectivity index (χ1v) is 6.15. The van der Waals surface area contributed by atoms with E-state index < -0.39 is 24.2 Å². The molecule has 0 spiro atoms. The Labute approximate surface area is 115 Å². The van der Waals surface area contributed by atoms with Crippen LogP contribution >= 0.6 is 0 Å². The Bertz CT molecular complexity index is 508. The number of carbonyl (C=O) groups excluding carboxylic acids is 2. The van der Waals surface area contributed by atoms with Crippen LogP contribution in [0.25, 0.3) is 0 Å². The van der Waals surface area contributed by atoms with Gasteiger partial charge in [-0.15, -0.1) is 0 Å². The van der Waals surface area contributed by atoms with E-state index in [9.17, 15) is 14.7 Å². The van der Waals surface area contributed by atoms with E-state index >= 15 is 0 Å². The lowest BCUT2D eigenvalue weighted by atomic mass is 10.1. The van der Waals surface area contributed by atoms with Gasteiger partial charge in [0.05, 0.1) is 6.54 Å². The summed E-state index contributed by atoms with van der Waals surface area (Å²) in [7, 11) is 0. The summed E-state index contributed by atoms with van der Waals surface area (Å²) >= 11 is 0. The first-order valence-electron chi connectivity index (χ1n) is 6.15. The molecule has 1 aromatic rings. The summed E-state index contributed by atoms with van der Waals surface area (Å²) in [6.07, 6.45) is -0.0189. The third-order valence-corrected chi connectivity index (χ3v) is 2.81. The molecule has 108 valence electrons. The van der Waals surface area contributed by atoms with Crippen molar-refractivity contribution < 1.29 is 19.4 Å². The van der Waals surface area contributed by atoms with Crippen LogP contribution in [0.2, 0.25) is 0 Å². The summed E-state index contributed by atoms with van der Waals surface area (Å²) in [5.41, 5.74) is 5.72. The summed E-state index contributed by atoms with van der Waals surface area (Å²) in [5, 5.41) is 14.6. The number of imide groups is 1. The number of amides is 2. The van der Waals surface area contributed by atoms with E-state index in [-0.39, 0.29) is 12.2 Å². The minimum Gasteiger partial charge on any atom is -0.367 e. The van der Waals surface area contributed by atoms with Crippen LogP contribution < -0.4 is 16.4 Å². The first kappa shape index (κ1) is 14.5. The molecule has 8 nitrogen and oxygen atoms in total. The second kappa shape index (κ2) is 6.53. The molecule has 1 aromatic heterocycles. The zero-order chi connectivity index (χ0) is 14.5. The molecule has 1 fully saturated rings. The molecule has 2 rings (SSSR count). The van der Waals surface area contributed by atoms with E-state index in [1.807, 2.05) is 0 Å². The van der Waals surface area contributed by atoms with Gasteiger partial charge >= 0.3 is 0 Å². The number of morpholine rings is 1. The summed E-state index contributed by atoms with van der Waals surface area (Å²) in [4.78, 5) is 27.1. The molecule has 2 unspecified atom stereocenters. The van der Waals surface area contributed by atoms with Gasteiger partial charge in [0.15, 0.2) is 6.29 Å². The van der Waals surface area contributed by atoms with E-state index in [0.717, 1.165) is 0 Å². The first-order chi connectivity index (χ1) is 9.61. The van der Waals surface area contributed by atoms with Crippen molar-refractivity contribution >= 4 is 11.8 Å². The number of nitrogens with two attached hydrogens (primary N) is 1. The lowest BCUT2D eigenvalue weighted by Crippen LogP contribution is -2.41. The van der Waals surface area contributed by atoms with Crippen molar-refractivity contribution in [2.24, 2.45) is 5.73 Å². The Morgan fingerprint density at radius 2 is 2.35 bits per heavy atom. The van der Waals surface area contributed by atoms with Crippen molar-refractivity contribution in [2.45, 2.75) is 12.4 Å². The highest BCUT2D eigenvalue weighted by Gasteiger charge is 2.26. The fourth-order valence-electron chi connectivity index (χ4n) is 1.91. The molecule has 8 heteroatoms. The fraction of sp³-hybridized carbons (Fsp3) is 0.417. The van der Waals surface area contributed by atoms with Crippen LogP contribution in [0.4, 0.5) is 0 Å². The Morgan fingerprint density at radius 3 is 3.05 bits per heavy atom. The third-order valence-electron chi connectivity index (χ3n) is 2.81. The van der Waals surface area contributed by atoms with Gasteiger partial charge < -0.3 is 20.9 Å². The van der Waals surface area contributed by atoms with Crippen LogP contribution in [0.1, 0.15) is 22.2 Å². The Balaban J connectivity index is 2.21. The molecule has 1 aliphatic rings. The van der Waals surface area contributed by atoms with Crippen LogP contribution in [0.5, 0.6) is 0 Å². The van der Waals surface area contributed by atoms with Gasteiger partial charge in [0.25, 0.3) is 5.91 Å². The predicted molar refractivity (Wildman–Crippen MR) is 68.5 cm³/mol.